The van der Waals surface area contributed by atoms with Crippen molar-refractivity contribution in [1.29, 1.82) is 0 Å². The van der Waals surface area contributed by atoms with E-state index in [-0.39, 0.29) is 30.2 Å². The fourth-order valence-electron chi connectivity index (χ4n) is 5.97. The number of aliphatic hydroxyl groups is 1. The van der Waals surface area contributed by atoms with E-state index in [1.807, 2.05) is 20.8 Å². The minimum atomic E-state index is -1.09. The van der Waals surface area contributed by atoms with Crippen LogP contribution in [0.3, 0.4) is 0 Å². The van der Waals surface area contributed by atoms with E-state index in [0.29, 0.717) is 30.1 Å². The number of hydrogen-bond donors (Lipinski definition) is 3. The SMILES string of the molecule is CCCNC(=O)[C@@H]1[C@H]2C(=O)N([C@@H](CO)[C@@H](C)CC)C(C(=O)Nc3ccc(Cl)cc3)C23CC[C@H]1O3. The highest BCUT2D eigenvalue weighted by atomic mass is 35.5. The van der Waals surface area contributed by atoms with E-state index in [9.17, 15) is 19.5 Å². The molecule has 3 N–H and O–H groups in total. The van der Waals surface area contributed by atoms with Gasteiger partial charge in [0.2, 0.25) is 17.7 Å². The number of rotatable bonds is 9. The van der Waals surface area contributed by atoms with Crippen molar-refractivity contribution in [3.05, 3.63) is 29.3 Å². The van der Waals surface area contributed by atoms with E-state index in [2.05, 4.69) is 10.6 Å². The van der Waals surface area contributed by atoms with Crippen LogP contribution in [0.1, 0.15) is 46.5 Å². The molecule has 1 aromatic rings. The molecule has 0 saturated carbocycles. The number of aliphatic hydroxyl groups excluding tert-OH is 1. The number of carbonyl (C=O) groups is 3. The minimum Gasteiger partial charge on any atom is -0.394 e. The molecule has 2 bridgehead atoms. The molecule has 4 rings (SSSR count). The van der Waals surface area contributed by atoms with E-state index in [1.165, 1.54) is 4.90 Å². The number of ether oxygens (including phenoxy) is 1. The second-order valence-electron chi connectivity index (χ2n) is 9.72. The van der Waals surface area contributed by atoms with Gasteiger partial charge in [-0.05, 0) is 49.4 Å². The van der Waals surface area contributed by atoms with Gasteiger partial charge >= 0.3 is 0 Å². The molecule has 0 aromatic heterocycles. The van der Waals surface area contributed by atoms with Gasteiger partial charge in [-0.2, -0.15) is 0 Å². The molecule has 0 radical (unpaired) electrons. The number of hydrogen-bond acceptors (Lipinski definition) is 5. The second kappa shape index (κ2) is 9.84. The molecule has 3 aliphatic heterocycles. The van der Waals surface area contributed by atoms with Crippen LogP contribution in [0.4, 0.5) is 5.69 Å². The Balaban J connectivity index is 1.73. The Morgan fingerprint density at radius 1 is 1.26 bits per heavy atom. The zero-order chi connectivity index (χ0) is 24.6. The lowest BCUT2D eigenvalue weighted by molar-refractivity contribution is -0.145. The van der Waals surface area contributed by atoms with Crippen molar-refractivity contribution < 1.29 is 24.2 Å². The molecule has 9 heteroatoms. The third-order valence-electron chi connectivity index (χ3n) is 7.80. The summed E-state index contributed by atoms with van der Waals surface area (Å²) in [6.45, 7) is 6.16. The molecule has 3 heterocycles. The Kier molecular flexibility index (Phi) is 7.22. The van der Waals surface area contributed by atoms with Crippen molar-refractivity contribution in [2.75, 3.05) is 18.5 Å². The standard InChI is InChI=1S/C25H34ClN3O5/c1-4-12-27-22(31)19-18-10-11-25(34-18)20(19)24(33)29(17(13-30)14(3)5-2)21(25)23(32)28-16-8-6-15(26)7-9-16/h6-9,14,17-21,30H,4-5,10-13H2,1-3H3,(H,27,31)(H,28,32)/t14-,17-,18+,19-,20-,21?,25?/m0/s1. The number of nitrogens with zero attached hydrogens (tertiary/aromatic N) is 1. The summed E-state index contributed by atoms with van der Waals surface area (Å²) in [5.74, 6) is -2.29. The van der Waals surface area contributed by atoms with Crippen LogP contribution in [0, 0.1) is 17.8 Å². The first-order chi connectivity index (χ1) is 16.3. The fourth-order valence-corrected chi connectivity index (χ4v) is 6.10. The fraction of sp³-hybridized carbons (Fsp3) is 0.640. The molecule has 7 atom stereocenters. The number of anilines is 1. The van der Waals surface area contributed by atoms with Crippen molar-refractivity contribution >= 4 is 35.0 Å². The molecule has 3 aliphatic rings. The van der Waals surface area contributed by atoms with Crippen molar-refractivity contribution in [1.82, 2.24) is 10.2 Å². The molecule has 3 amide bonds. The summed E-state index contributed by atoms with van der Waals surface area (Å²) in [7, 11) is 0. The van der Waals surface area contributed by atoms with Gasteiger partial charge in [0.15, 0.2) is 0 Å². The number of fused-ring (bicyclic) bond motifs is 1. The molecule has 2 unspecified atom stereocenters. The maximum atomic E-state index is 14.0. The van der Waals surface area contributed by atoms with Crippen LogP contribution in [0.15, 0.2) is 24.3 Å². The van der Waals surface area contributed by atoms with Gasteiger partial charge < -0.3 is 25.4 Å². The number of carbonyl (C=O) groups excluding carboxylic acids is 3. The summed E-state index contributed by atoms with van der Waals surface area (Å²) >= 11 is 5.98. The van der Waals surface area contributed by atoms with Crippen LogP contribution in [0.5, 0.6) is 0 Å². The van der Waals surface area contributed by atoms with Crippen LogP contribution in [-0.2, 0) is 19.1 Å². The van der Waals surface area contributed by atoms with Gasteiger partial charge in [-0.3, -0.25) is 14.4 Å². The minimum absolute atomic E-state index is 0.0421. The molecule has 186 valence electrons. The van der Waals surface area contributed by atoms with Crippen molar-refractivity contribution in [3.63, 3.8) is 0 Å². The number of amides is 3. The lowest BCUT2D eigenvalue weighted by Gasteiger charge is -2.38. The maximum absolute atomic E-state index is 14.0. The monoisotopic (exact) mass is 491 g/mol. The quantitative estimate of drug-likeness (QED) is 0.492. The van der Waals surface area contributed by atoms with Gasteiger partial charge in [-0.15, -0.1) is 0 Å². The molecule has 3 saturated heterocycles. The van der Waals surface area contributed by atoms with Crippen molar-refractivity contribution in [2.45, 2.75) is 70.2 Å². The first-order valence-electron chi connectivity index (χ1n) is 12.2. The Hall–Kier alpha value is -2.16. The van der Waals surface area contributed by atoms with E-state index in [0.717, 1.165) is 12.8 Å². The molecule has 8 nitrogen and oxygen atoms in total. The summed E-state index contributed by atoms with van der Waals surface area (Å²) in [6.07, 6.45) is 2.24. The molecule has 1 aromatic carbocycles. The van der Waals surface area contributed by atoms with Gasteiger partial charge in [-0.25, -0.2) is 0 Å². The highest BCUT2D eigenvalue weighted by Crippen LogP contribution is 2.59. The molecule has 3 fully saturated rings. The zero-order valence-electron chi connectivity index (χ0n) is 19.9. The molecular weight excluding hydrogens is 458 g/mol. The normalized spacial score (nSPS) is 31.3. The van der Waals surface area contributed by atoms with Crippen LogP contribution < -0.4 is 10.6 Å². The van der Waals surface area contributed by atoms with Gasteiger partial charge in [0, 0.05) is 17.3 Å². The molecular formula is C25H34ClN3O5. The Labute approximate surface area is 205 Å². The summed E-state index contributed by atoms with van der Waals surface area (Å²) in [5.41, 5.74) is -0.539. The van der Waals surface area contributed by atoms with Gasteiger partial charge in [0.1, 0.15) is 11.6 Å². The average Bonchev–Trinajstić information content (AvgIpc) is 3.47. The van der Waals surface area contributed by atoms with E-state index < -0.39 is 35.6 Å². The Morgan fingerprint density at radius 3 is 2.59 bits per heavy atom. The largest absolute Gasteiger partial charge is 0.394 e. The second-order valence-corrected chi connectivity index (χ2v) is 10.2. The highest BCUT2D eigenvalue weighted by molar-refractivity contribution is 6.30. The summed E-state index contributed by atoms with van der Waals surface area (Å²) < 4.78 is 6.41. The van der Waals surface area contributed by atoms with E-state index in [1.54, 1.807) is 24.3 Å². The van der Waals surface area contributed by atoms with Crippen LogP contribution in [0.2, 0.25) is 5.02 Å². The molecule has 0 aliphatic carbocycles. The predicted molar refractivity (Wildman–Crippen MR) is 128 cm³/mol. The molecule has 1 spiro atoms. The summed E-state index contributed by atoms with van der Waals surface area (Å²) in [5, 5.41) is 16.7. The maximum Gasteiger partial charge on any atom is 0.250 e. The summed E-state index contributed by atoms with van der Waals surface area (Å²) in [6, 6.07) is 5.25. The van der Waals surface area contributed by atoms with E-state index >= 15 is 0 Å². The number of likely N-dealkylation sites (tertiary alicyclic amines) is 1. The topological polar surface area (TPSA) is 108 Å². The van der Waals surface area contributed by atoms with Crippen molar-refractivity contribution in [2.24, 2.45) is 17.8 Å². The van der Waals surface area contributed by atoms with Crippen LogP contribution >= 0.6 is 11.6 Å². The third kappa shape index (κ3) is 3.99. The first kappa shape index (κ1) is 24.9. The number of nitrogens with one attached hydrogen (secondary N) is 2. The Bertz CT molecular complexity index is 941. The van der Waals surface area contributed by atoms with Crippen LogP contribution in [-0.4, -0.2) is 64.7 Å². The van der Waals surface area contributed by atoms with E-state index in [4.69, 9.17) is 16.3 Å². The smallest absolute Gasteiger partial charge is 0.250 e. The first-order valence-corrected chi connectivity index (χ1v) is 12.6. The van der Waals surface area contributed by atoms with Gasteiger partial charge in [0.05, 0.1) is 30.6 Å². The predicted octanol–water partition coefficient (Wildman–Crippen LogP) is 2.59. The number of benzene rings is 1. The van der Waals surface area contributed by atoms with Crippen molar-refractivity contribution in [3.8, 4) is 0 Å². The summed E-state index contributed by atoms with van der Waals surface area (Å²) in [4.78, 5) is 42.3. The highest BCUT2D eigenvalue weighted by Gasteiger charge is 2.75. The molecule has 34 heavy (non-hydrogen) atoms. The number of halogens is 1. The zero-order valence-corrected chi connectivity index (χ0v) is 20.7. The lowest BCUT2D eigenvalue weighted by Crippen LogP contribution is -2.57. The lowest BCUT2D eigenvalue weighted by atomic mass is 9.70. The van der Waals surface area contributed by atoms with Gasteiger partial charge in [0.25, 0.3) is 0 Å². The average molecular weight is 492 g/mol. The van der Waals surface area contributed by atoms with Gasteiger partial charge in [-0.1, -0.05) is 38.8 Å². The third-order valence-corrected chi connectivity index (χ3v) is 8.05. The Morgan fingerprint density at radius 2 is 1.97 bits per heavy atom. The van der Waals surface area contributed by atoms with Crippen LogP contribution in [0.25, 0.3) is 0 Å².